The Hall–Kier alpha value is -2.66. The molecule has 0 unspecified atom stereocenters. The first-order valence-corrected chi connectivity index (χ1v) is 8.65. The van der Waals surface area contributed by atoms with Gasteiger partial charge in [0.2, 0.25) is 0 Å². The average Bonchev–Trinajstić information content (AvgIpc) is 2.99. The van der Waals surface area contributed by atoms with Crippen LogP contribution in [0.2, 0.25) is 0 Å². The summed E-state index contributed by atoms with van der Waals surface area (Å²) in [6.07, 6.45) is 1.95. The first-order chi connectivity index (χ1) is 12.0. The van der Waals surface area contributed by atoms with Crippen molar-refractivity contribution in [2.24, 2.45) is 0 Å². The van der Waals surface area contributed by atoms with Crippen molar-refractivity contribution < 1.29 is 0 Å². The van der Waals surface area contributed by atoms with Crippen molar-refractivity contribution >= 4 is 28.8 Å². The van der Waals surface area contributed by atoms with E-state index < -0.39 is 0 Å². The molecule has 0 fully saturated rings. The molecule has 0 atom stereocenters. The molecule has 128 valence electrons. The summed E-state index contributed by atoms with van der Waals surface area (Å²) in [6.45, 7) is 7.00. The van der Waals surface area contributed by atoms with E-state index in [1.54, 1.807) is 0 Å². The molecule has 0 aliphatic heterocycles. The number of hydrogen-bond donors (Lipinski definition) is 2. The molecule has 3 aromatic rings. The van der Waals surface area contributed by atoms with E-state index in [2.05, 4.69) is 60.8 Å². The van der Waals surface area contributed by atoms with Crippen molar-refractivity contribution in [2.45, 2.75) is 27.3 Å². The lowest BCUT2D eigenvalue weighted by molar-refractivity contribution is 0.687. The van der Waals surface area contributed by atoms with Crippen LogP contribution < -0.4 is 10.6 Å². The predicted octanol–water partition coefficient (Wildman–Crippen LogP) is 4.67. The molecule has 4 nitrogen and oxygen atoms in total. The van der Waals surface area contributed by atoms with E-state index in [0.717, 1.165) is 23.6 Å². The molecule has 1 heterocycles. The monoisotopic (exact) mass is 350 g/mol. The van der Waals surface area contributed by atoms with Gasteiger partial charge in [0.1, 0.15) is 0 Å². The summed E-state index contributed by atoms with van der Waals surface area (Å²) in [5.41, 5.74) is 5.92. The number of aromatic nitrogens is 2. The fraction of sp³-hybridized carbons (Fsp3) is 0.200. The summed E-state index contributed by atoms with van der Waals surface area (Å²) in [5.74, 6) is 0.732. The lowest BCUT2D eigenvalue weighted by Crippen LogP contribution is -2.20. The Morgan fingerprint density at radius 2 is 1.80 bits per heavy atom. The van der Waals surface area contributed by atoms with Crippen LogP contribution >= 0.6 is 12.2 Å². The smallest absolute Gasteiger partial charge is 0.176 e. The van der Waals surface area contributed by atoms with Crippen molar-refractivity contribution in [1.82, 2.24) is 9.78 Å². The van der Waals surface area contributed by atoms with Gasteiger partial charge in [-0.3, -0.25) is 4.68 Å². The highest BCUT2D eigenvalue weighted by molar-refractivity contribution is 7.80. The number of benzene rings is 2. The Labute approximate surface area is 153 Å². The minimum Gasteiger partial charge on any atom is -0.332 e. The SMILES string of the molecule is Cc1ccc(NC(=S)Nc2ccn(Cc3ccccc3C)n2)c(C)c1. The Kier molecular flexibility index (Phi) is 5.14. The predicted molar refractivity (Wildman–Crippen MR) is 108 cm³/mol. The van der Waals surface area contributed by atoms with Crippen molar-refractivity contribution in [3.05, 3.63) is 77.0 Å². The summed E-state index contributed by atoms with van der Waals surface area (Å²) in [7, 11) is 0. The van der Waals surface area contributed by atoms with Crippen LogP contribution in [0.15, 0.2) is 54.7 Å². The summed E-state index contributed by atoms with van der Waals surface area (Å²) in [4.78, 5) is 0. The molecule has 5 heteroatoms. The van der Waals surface area contributed by atoms with E-state index in [9.17, 15) is 0 Å². The topological polar surface area (TPSA) is 41.9 Å². The lowest BCUT2D eigenvalue weighted by Gasteiger charge is -2.11. The molecular formula is C20H22N4S. The summed E-state index contributed by atoms with van der Waals surface area (Å²) in [6, 6.07) is 16.5. The van der Waals surface area contributed by atoms with Crippen LogP contribution in [-0.4, -0.2) is 14.9 Å². The van der Waals surface area contributed by atoms with E-state index in [0.29, 0.717) is 5.11 Å². The molecule has 25 heavy (non-hydrogen) atoms. The van der Waals surface area contributed by atoms with Crippen LogP contribution in [-0.2, 0) is 6.54 Å². The first kappa shape index (κ1) is 17.2. The summed E-state index contributed by atoms with van der Waals surface area (Å²) in [5, 5.41) is 11.4. The average molecular weight is 350 g/mol. The molecule has 0 bridgehead atoms. The van der Waals surface area contributed by atoms with Crippen molar-refractivity contribution in [2.75, 3.05) is 10.6 Å². The van der Waals surface area contributed by atoms with Crippen molar-refractivity contribution in [3.8, 4) is 0 Å². The summed E-state index contributed by atoms with van der Waals surface area (Å²) >= 11 is 5.40. The molecule has 0 aliphatic rings. The Morgan fingerprint density at radius 1 is 1.00 bits per heavy atom. The highest BCUT2D eigenvalue weighted by Gasteiger charge is 2.05. The van der Waals surface area contributed by atoms with Gasteiger partial charge in [-0.1, -0.05) is 42.0 Å². The number of aryl methyl sites for hydroxylation is 3. The molecular weight excluding hydrogens is 328 g/mol. The standard InChI is InChI=1S/C20H22N4S/c1-14-8-9-18(16(3)12-14)21-20(25)22-19-10-11-24(23-19)13-17-7-5-4-6-15(17)2/h4-12H,13H2,1-3H3,(H2,21,22,23,25). The second-order valence-corrected chi connectivity index (χ2v) is 6.63. The molecule has 0 spiro atoms. The molecule has 0 aliphatic carbocycles. The van der Waals surface area contributed by atoms with Crippen molar-refractivity contribution in [1.29, 1.82) is 0 Å². The number of anilines is 2. The van der Waals surface area contributed by atoms with E-state index in [4.69, 9.17) is 12.2 Å². The molecule has 0 saturated heterocycles. The van der Waals surface area contributed by atoms with Gasteiger partial charge in [0, 0.05) is 18.0 Å². The van der Waals surface area contributed by atoms with Gasteiger partial charge in [-0.05, 0) is 55.7 Å². The zero-order valence-electron chi connectivity index (χ0n) is 14.7. The molecule has 0 amide bonds. The largest absolute Gasteiger partial charge is 0.332 e. The van der Waals surface area contributed by atoms with E-state index in [-0.39, 0.29) is 0 Å². The Balaban J connectivity index is 1.63. The van der Waals surface area contributed by atoms with Crippen LogP contribution in [0.25, 0.3) is 0 Å². The van der Waals surface area contributed by atoms with Crippen LogP contribution in [0.4, 0.5) is 11.5 Å². The van der Waals surface area contributed by atoms with Crippen LogP contribution in [0.5, 0.6) is 0 Å². The maximum absolute atomic E-state index is 5.40. The second kappa shape index (κ2) is 7.49. The third-order valence-electron chi connectivity index (χ3n) is 4.11. The minimum atomic E-state index is 0.535. The van der Waals surface area contributed by atoms with Gasteiger partial charge in [-0.25, -0.2) is 0 Å². The number of hydrogen-bond acceptors (Lipinski definition) is 2. The van der Waals surface area contributed by atoms with Gasteiger partial charge >= 0.3 is 0 Å². The molecule has 0 saturated carbocycles. The minimum absolute atomic E-state index is 0.535. The van der Waals surface area contributed by atoms with E-state index in [1.165, 1.54) is 16.7 Å². The number of rotatable bonds is 4. The zero-order chi connectivity index (χ0) is 17.8. The fourth-order valence-corrected chi connectivity index (χ4v) is 2.92. The van der Waals surface area contributed by atoms with Gasteiger partial charge in [-0.2, -0.15) is 5.10 Å². The molecule has 2 aromatic carbocycles. The maximum Gasteiger partial charge on any atom is 0.176 e. The number of thiocarbonyl (C=S) groups is 1. The number of nitrogens with one attached hydrogen (secondary N) is 2. The third kappa shape index (κ3) is 4.45. The first-order valence-electron chi connectivity index (χ1n) is 8.24. The van der Waals surface area contributed by atoms with Gasteiger partial charge in [0.25, 0.3) is 0 Å². The highest BCUT2D eigenvalue weighted by Crippen LogP contribution is 2.16. The quantitative estimate of drug-likeness (QED) is 0.671. The second-order valence-electron chi connectivity index (χ2n) is 6.22. The van der Waals surface area contributed by atoms with Gasteiger partial charge in [0.15, 0.2) is 10.9 Å². The highest BCUT2D eigenvalue weighted by atomic mass is 32.1. The Morgan fingerprint density at radius 3 is 2.56 bits per heavy atom. The zero-order valence-corrected chi connectivity index (χ0v) is 15.5. The van der Waals surface area contributed by atoms with Gasteiger partial charge < -0.3 is 10.6 Å². The maximum atomic E-state index is 5.40. The molecule has 3 rings (SSSR count). The van der Waals surface area contributed by atoms with Crippen LogP contribution in [0, 0.1) is 20.8 Å². The van der Waals surface area contributed by atoms with Crippen LogP contribution in [0.3, 0.4) is 0 Å². The lowest BCUT2D eigenvalue weighted by atomic mass is 10.1. The molecule has 2 N–H and O–H groups in total. The van der Waals surface area contributed by atoms with Crippen LogP contribution in [0.1, 0.15) is 22.3 Å². The third-order valence-corrected chi connectivity index (χ3v) is 4.31. The molecule has 0 radical (unpaired) electrons. The van der Waals surface area contributed by atoms with E-state index >= 15 is 0 Å². The van der Waals surface area contributed by atoms with Crippen molar-refractivity contribution in [3.63, 3.8) is 0 Å². The molecule has 1 aromatic heterocycles. The number of nitrogens with zero attached hydrogens (tertiary/aromatic N) is 2. The fourth-order valence-electron chi connectivity index (χ4n) is 2.70. The van der Waals surface area contributed by atoms with Gasteiger partial charge in [0.05, 0.1) is 6.54 Å². The van der Waals surface area contributed by atoms with Gasteiger partial charge in [-0.15, -0.1) is 0 Å². The Bertz CT molecular complexity index is 898. The normalized spacial score (nSPS) is 10.5. The van der Waals surface area contributed by atoms with E-state index in [1.807, 2.05) is 35.1 Å². The summed E-state index contributed by atoms with van der Waals surface area (Å²) < 4.78 is 1.91.